The molecule has 1 fully saturated rings. The van der Waals surface area contributed by atoms with Crippen molar-refractivity contribution in [2.24, 2.45) is 0 Å². The van der Waals surface area contributed by atoms with E-state index in [2.05, 4.69) is 4.98 Å². The van der Waals surface area contributed by atoms with Crippen LogP contribution in [0, 0.1) is 5.82 Å². The maximum absolute atomic E-state index is 13.8. The molecule has 1 aliphatic rings. The van der Waals surface area contributed by atoms with Crippen molar-refractivity contribution in [3.05, 3.63) is 65.2 Å². The van der Waals surface area contributed by atoms with Crippen molar-refractivity contribution in [2.45, 2.75) is 24.7 Å². The molecule has 1 aromatic heterocycles. The van der Waals surface area contributed by atoms with Crippen molar-refractivity contribution in [2.75, 3.05) is 6.54 Å². The number of benzene rings is 1. The van der Waals surface area contributed by atoms with E-state index in [1.54, 1.807) is 0 Å². The molecule has 25 heavy (non-hydrogen) atoms. The number of aromatic nitrogens is 1. The third-order valence-electron chi connectivity index (χ3n) is 4.14. The lowest BCUT2D eigenvalue weighted by Gasteiger charge is -2.25. The number of halogens is 4. The van der Waals surface area contributed by atoms with E-state index in [-0.39, 0.29) is 24.1 Å². The van der Waals surface area contributed by atoms with Gasteiger partial charge in [-0.3, -0.25) is 9.78 Å². The van der Waals surface area contributed by atoms with Crippen molar-refractivity contribution in [1.82, 2.24) is 9.88 Å². The summed E-state index contributed by atoms with van der Waals surface area (Å²) in [5.41, 5.74) is -0.829. The van der Waals surface area contributed by atoms with Crippen LogP contribution >= 0.6 is 0 Å². The minimum absolute atomic E-state index is 0.0818. The number of amides is 1. The quantitative estimate of drug-likeness (QED) is 0.843. The molecule has 1 N–H and O–H groups in total. The number of aliphatic hydroxyl groups is 1. The van der Waals surface area contributed by atoms with Crippen LogP contribution in [0.25, 0.3) is 0 Å². The third kappa shape index (κ3) is 3.48. The summed E-state index contributed by atoms with van der Waals surface area (Å²) < 4.78 is 52.6. The summed E-state index contributed by atoms with van der Waals surface area (Å²) in [7, 11) is 0. The fourth-order valence-electron chi connectivity index (χ4n) is 2.98. The molecule has 0 spiro atoms. The Kier molecular flexibility index (Phi) is 4.47. The molecule has 0 aliphatic carbocycles. The number of aliphatic hydroxyl groups excluding tert-OH is 1. The number of carbonyl (C=O) groups is 1. The zero-order valence-electron chi connectivity index (χ0n) is 12.9. The maximum Gasteiger partial charge on any atom is 0.416 e. The predicted molar refractivity (Wildman–Crippen MR) is 80.0 cm³/mol. The number of alkyl halides is 3. The first-order chi connectivity index (χ1) is 11.8. The lowest BCUT2D eigenvalue weighted by Crippen LogP contribution is -2.32. The van der Waals surface area contributed by atoms with Gasteiger partial charge in [0.05, 0.1) is 29.5 Å². The fraction of sp³-hybridized carbons (Fsp3) is 0.294. The first-order valence-corrected chi connectivity index (χ1v) is 7.53. The standard InChI is InChI=1S/C17H14F4N2O2/c18-14-8-22-5-4-13(14)16(25)23-9-12(24)7-15(23)10-2-1-3-11(6-10)17(19,20)21/h1-6,8,12,15,24H,7,9H2/t12-,15+/m1/s1. The minimum atomic E-state index is -4.51. The molecule has 0 saturated carbocycles. The highest BCUT2D eigenvalue weighted by Gasteiger charge is 2.38. The topological polar surface area (TPSA) is 53.4 Å². The molecule has 2 aromatic rings. The van der Waals surface area contributed by atoms with E-state index < -0.39 is 35.6 Å². The van der Waals surface area contributed by atoms with Crippen LogP contribution in [0.4, 0.5) is 17.6 Å². The van der Waals surface area contributed by atoms with Crippen molar-refractivity contribution in [1.29, 1.82) is 0 Å². The van der Waals surface area contributed by atoms with Gasteiger partial charge < -0.3 is 10.0 Å². The van der Waals surface area contributed by atoms with Gasteiger partial charge >= 0.3 is 6.18 Å². The Bertz CT molecular complexity index is 794. The van der Waals surface area contributed by atoms with Gasteiger partial charge in [0.2, 0.25) is 0 Å². The van der Waals surface area contributed by atoms with E-state index in [1.165, 1.54) is 29.3 Å². The average Bonchev–Trinajstić information content (AvgIpc) is 2.96. The summed E-state index contributed by atoms with van der Waals surface area (Å²) in [4.78, 5) is 17.4. The molecule has 132 valence electrons. The zero-order chi connectivity index (χ0) is 18.2. The second kappa shape index (κ2) is 6.44. The second-order valence-corrected chi connectivity index (χ2v) is 5.84. The molecule has 0 bridgehead atoms. The monoisotopic (exact) mass is 354 g/mol. The van der Waals surface area contributed by atoms with Crippen LogP contribution in [-0.4, -0.2) is 33.5 Å². The molecule has 0 radical (unpaired) electrons. The van der Waals surface area contributed by atoms with Gasteiger partial charge in [0.1, 0.15) is 0 Å². The molecule has 3 rings (SSSR count). The number of β-amino-alcohol motifs (C(OH)–C–C–N with tert-alkyl or cyclic N) is 1. The van der Waals surface area contributed by atoms with Gasteiger partial charge in [0.15, 0.2) is 5.82 Å². The van der Waals surface area contributed by atoms with Crippen LogP contribution in [0.3, 0.4) is 0 Å². The summed E-state index contributed by atoms with van der Waals surface area (Å²) in [6, 6.07) is 5.03. The lowest BCUT2D eigenvalue weighted by atomic mass is 10.0. The number of rotatable bonds is 2. The van der Waals surface area contributed by atoms with Crippen molar-refractivity contribution >= 4 is 5.91 Å². The Morgan fingerprint density at radius 2 is 2.04 bits per heavy atom. The summed E-state index contributed by atoms with van der Waals surface area (Å²) >= 11 is 0. The first-order valence-electron chi connectivity index (χ1n) is 7.53. The molecule has 8 heteroatoms. The Balaban J connectivity index is 1.95. The van der Waals surface area contributed by atoms with Gasteiger partial charge in [0.25, 0.3) is 5.91 Å². The van der Waals surface area contributed by atoms with Crippen LogP contribution in [0.5, 0.6) is 0 Å². The maximum atomic E-state index is 13.8. The van der Waals surface area contributed by atoms with Gasteiger partial charge in [-0.25, -0.2) is 4.39 Å². The summed E-state index contributed by atoms with van der Waals surface area (Å²) in [5, 5.41) is 9.90. The van der Waals surface area contributed by atoms with E-state index in [0.29, 0.717) is 0 Å². The largest absolute Gasteiger partial charge is 0.416 e. The molecule has 1 aliphatic heterocycles. The molecular weight excluding hydrogens is 340 g/mol. The van der Waals surface area contributed by atoms with E-state index >= 15 is 0 Å². The average molecular weight is 354 g/mol. The highest BCUT2D eigenvalue weighted by molar-refractivity contribution is 5.94. The van der Waals surface area contributed by atoms with Gasteiger partial charge in [-0.05, 0) is 30.2 Å². The highest BCUT2D eigenvalue weighted by Crippen LogP contribution is 2.37. The molecule has 1 amide bonds. The van der Waals surface area contributed by atoms with Crippen LogP contribution in [0.15, 0.2) is 42.7 Å². The van der Waals surface area contributed by atoms with Crippen molar-refractivity contribution < 1.29 is 27.5 Å². The van der Waals surface area contributed by atoms with Crippen molar-refractivity contribution in [3.63, 3.8) is 0 Å². The molecule has 2 atom stereocenters. The van der Waals surface area contributed by atoms with Crippen LogP contribution < -0.4 is 0 Å². The molecular formula is C17H14F4N2O2. The first kappa shape index (κ1) is 17.3. The highest BCUT2D eigenvalue weighted by atomic mass is 19.4. The fourth-order valence-corrected chi connectivity index (χ4v) is 2.98. The van der Waals surface area contributed by atoms with E-state index in [0.717, 1.165) is 18.3 Å². The van der Waals surface area contributed by atoms with Crippen LogP contribution in [-0.2, 0) is 6.18 Å². The van der Waals surface area contributed by atoms with Crippen LogP contribution in [0.1, 0.15) is 33.9 Å². The van der Waals surface area contributed by atoms with Crippen molar-refractivity contribution in [3.8, 4) is 0 Å². The lowest BCUT2D eigenvalue weighted by molar-refractivity contribution is -0.137. The number of pyridine rings is 1. The third-order valence-corrected chi connectivity index (χ3v) is 4.14. The molecule has 1 saturated heterocycles. The molecule has 2 heterocycles. The Labute approximate surface area is 140 Å². The van der Waals surface area contributed by atoms with E-state index in [1.807, 2.05) is 0 Å². The van der Waals surface area contributed by atoms with E-state index in [4.69, 9.17) is 0 Å². The number of carbonyl (C=O) groups excluding carboxylic acids is 1. The number of hydrogen-bond donors (Lipinski definition) is 1. The molecule has 0 unspecified atom stereocenters. The zero-order valence-corrected chi connectivity index (χ0v) is 12.9. The second-order valence-electron chi connectivity index (χ2n) is 5.84. The summed E-state index contributed by atoms with van der Waals surface area (Å²) in [6.45, 7) is -0.0818. The number of likely N-dealkylation sites (tertiary alicyclic amines) is 1. The predicted octanol–water partition coefficient (Wildman–Crippen LogP) is 3.19. The Morgan fingerprint density at radius 3 is 2.72 bits per heavy atom. The van der Waals surface area contributed by atoms with Crippen LogP contribution in [0.2, 0.25) is 0 Å². The summed E-state index contributed by atoms with van der Waals surface area (Å²) in [5.74, 6) is -1.52. The molecule has 4 nitrogen and oxygen atoms in total. The minimum Gasteiger partial charge on any atom is -0.391 e. The number of nitrogens with zero attached hydrogens (tertiary/aromatic N) is 2. The van der Waals surface area contributed by atoms with Gasteiger partial charge in [0, 0.05) is 12.7 Å². The molecule has 1 aromatic carbocycles. The smallest absolute Gasteiger partial charge is 0.391 e. The SMILES string of the molecule is O=C(c1ccncc1F)N1C[C@H](O)C[C@H]1c1cccc(C(F)(F)F)c1. The Morgan fingerprint density at radius 1 is 1.28 bits per heavy atom. The van der Waals surface area contributed by atoms with E-state index in [9.17, 15) is 27.5 Å². The Hall–Kier alpha value is -2.48. The van der Waals surface area contributed by atoms with Gasteiger partial charge in [-0.1, -0.05) is 12.1 Å². The number of hydrogen-bond acceptors (Lipinski definition) is 3. The summed E-state index contributed by atoms with van der Waals surface area (Å²) in [6.07, 6.45) is -3.19. The normalized spacial score (nSPS) is 20.8. The van der Waals surface area contributed by atoms with Gasteiger partial charge in [-0.15, -0.1) is 0 Å². The van der Waals surface area contributed by atoms with Gasteiger partial charge in [-0.2, -0.15) is 13.2 Å².